The standard InChI is InChI=1S/C13H18Cl3N/c1-9(2)13(5-6-14)17-8-10-3-4-11(15)12(16)7-10/h3-4,7,9,13,17H,5-6,8H2,1-2H3. The summed E-state index contributed by atoms with van der Waals surface area (Å²) in [7, 11) is 0. The SMILES string of the molecule is CC(C)C(CCCl)NCc1ccc(Cl)c(Cl)c1. The van der Waals surface area contributed by atoms with Crippen molar-refractivity contribution in [2.45, 2.75) is 32.9 Å². The Hall–Kier alpha value is 0.0500. The molecule has 17 heavy (non-hydrogen) atoms. The lowest BCUT2D eigenvalue weighted by molar-refractivity contribution is 0.389. The number of nitrogens with one attached hydrogen (secondary N) is 1. The van der Waals surface area contributed by atoms with Gasteiger partial charge in [0.1, 0.15) is 0 Å². The predicted octanol–water partition coefficient (Wildman–Crippen LogP) is 4.74. The van der Waals surface area contributed by atoms with E-state index in [9.17, 15) is 0 Å². The van der Waals surface area contributed by atoms with Crippen molar-refractivity contribution in [3.8, 4) is 0 Å². The number of alkyl halides is 1. The molecule has 1 unspecified atom stereocenters. The topological polar surface area (TPSA) is 12.0 Å². The summed E-state index contributed by atoms with van der Waals surface area (Å²) in [5, 5.41) is 4.69. The molecule has 1 rings (SSSR count). The van der Waals surface area contributed by atoms with E-state index in [0.29, 0.717) is 27.9 Å². The first-order valence-electron chi connectivity index (χ1n) is 5.78. The second-order valence-electron chi connectivity index (χ2n) is 4.46. The van der Waals surface area contributed by atoms with E-state index < -0.39 is 0 Å². The van der Waals surface area contributed by atoms with Crippen LogP contribution in [0.25, 0.3) is 0 Å². The summed E-state index contributed by atoms with van der Waals surface area (Å²) >= 11 is 17.6. The Bertz CT molecular complexity index is 353. The van der Waals surface area contributed by atoms with Crippen LogP contribution in [-0.2, 0) is 6.54 Å². The third-order valence-electron chi connectivity index (χ3n) is 2.78. The molecule has 1 aromatic rings. The highest BCUT2D eigenvalue weighted by Gasteiger charge is 2.11. The maximum Gasteiger partial charge on any atom is 0.0595 e. The molecule has 1 atom stereocenters. The summed E-state index contributed by atoms with van der Waals surface area (Å²) in [4.78, 5) is 0. The van der Waals surface area contributed by atoms with Crippen LogP contribution in [0.2, 0.25) is 10.0 Å². The first-order chi connectivity index (χ1) is 8.04. The van der Waals surface area contributed by atoms with Crippen molar-refractivity contribution in [2.75, 3.05) is 5.88 Å². The Labute approximate surface area is 118 Å². The number of benzene rings is 1. The van der Waals surface area contributed by atoms with Crippen molar-refractivity contribution >= 4 is 34.8 Å². The molecule has 0 saturated carbocycles. The second kappa shape index (κ2) is 7.48. The summed E-state index contributed by atoms with van der Waals surface area (Å²) < 4.78 is 0. The minimum absolute atomic E-state index is 0.432. The highest BCUT2D eigenvalue weighted by atomic mass is 35.5. The minimum Gasteiger partial charge on any atom is -0.310 e. The van der Waals surface area contributed by atoms with Gasteiger partial charge in [0.25, 0.3) is 0 Å². The van der Waals surface area contributed by atoms with Gasteiger partial charge in [0.2, 0.25) is 0 Å². The van der Waals surface area contributed by atoms with E-state index in [-0.39, 0.29) is 0 Å². The van der Waals surface area contributed by atoms with E-state index in [1.54, 1.807) is 0 Å². The molecule has 0 aliphatic rings. The number of hydrogen-bond acceptors (Lipinski definition) is 1. The van der Waals surface area contributed by atoms with E-state index >= 15 is 0 Å². The van der Waals surface area contributed by atoms with Gasteiger partial charge >= 0.3 is 0 Å². The summed E-state index contributed by atoms with van der Waals surface area (Å²) in [5.41, 5.74) is 1.14. The van der Waals surface area contributed by atoms with Crippen LogP contribution >= 0.6 is 34.8 Å². The second-order valence-corrected chi connectivity index (χ2v) is 5.65. The van der Waals surface area contributed by atoms with Crippen molar-refractivity contribution in [3.63, 3.8) is 0 Å². The molecule has 0 heterocycles. The lowest BCUT2D eigenvalue weighted by atomic mass is 10.0. The van der Waals surface area contributed by atoms with Crippen LogP contribution in [0.5, 0.6) is 0 Å². The maximum absolute atomic E-state index is 5.97. The molecule has 0 aliphatic carbocycles. The van der Waals surface area contributed by atoms with Crippen LogP contribution in [0.1, 0.15) is 25.8 Å². The fourth-order valence-corrected chi connectivity index (χ4v) is 2.24. The zero-order valence-corrected chi connectivity index (χ0v) is 12.4. The van der Waals surface area contributed by atoms with Gasteiger partial charge in [-0.05, 0) is 30.0 Å². The van der Waals surface area contributed by atoms with Crippen LogP contribution < -0.4 is 5.32 Å². The molecule has 4 heteroatoms. The lowest BCUT2D eigenvalue weighted by Crippen LogP contribution is -2.33. The molecule has 0 radical (unpaired) electrons. The first-order valence-corrected chi connectivity index (χ1v) is 7.07. The molecule has 1 aromatic carbocycles. The van der Waals surface area contributed by atoms with E-state index in [1.807, 2.05) is 18.2 Å². The highest BCUT2D eigenvalue weighted by Crippen LogP contribution is 2.22. The molecular formula is C13H18Cl3N. The third-order valence-corrected chi connectivity index (χ3v) is 3.73. The zero-order valence-electron chi connectivity index (χ0n) is 10.1. The van der Waals surface area contributed by atoms with Gasteiger partial charge in [-0.3, -0.25) is 0 Å². The third kappa shape index (κ3) is 5.05. The zero-order chi connectivity index (χ0) is 12.8. The Kier molecular flexibility index (Phi) is 6.65. The number of rotatable bonds is 6. The monoisotopic (exact) mass is 293 g/mol. The fraction of sp³-hybridized carbons (Fsp3) is 0.538. The van der Waals surface area contributed by atoms with Gasteiger partial charge < -0.3 is 5.32 Å². The lowest BCUT2D eigenvalue weighted by Gasteiger charge is -2.21. The molecule has 0 saturated heterocycles. The average Bonchev–Trinajstić information content (AvgIpc) is 2.28. The largest absolute Gasteiger partial charge is 0.310 e. The Morgan fingerprint density at radius 2 is 1.88 bits per heavy atom. The Morgan fingerprint density at radius 3 is 2.41 bits per heavy atom. The molecule has 0 bridgehead atoms. The fourth-order valence-electron chi connectivity index (χ4n) is 1.69. The van der Waals surface area contributed by atoms with Crippen LogP contribution in [0, 0.1) is 5.92 Å². The molecule has 1 N–H and O–H groups in total. The van der Waals surface area contributed by atoms with Gasteiger partial charge in [0, 0.05) is 18.5 Å². The summed E-state index contributed by atoms with van der Waals surface area (Å²) in [5.74, 6) is 1.24. The van der Waals surface area contributed by atoms with Gasteiger partial charge in [-0.25, -0.2) is 0 Å². The van der Waals surface area contributed by atoms with Crippen molar-refractivity contribution in [2.24, 2.45) is 5.92 Å². The highest BCUT2D eigenvalue weighted by molar-refractivity contribution is 6.42. The van der Waals surface area contributed by atoms with Crippen LogP contribution in [-0.4, -0.2) is 11.9 Å². The van der Waals surface area contributed by atoms with Gasteiger partial charge in [0.05, 0.1) is 10.0 Å². The van der Waals surface area contributed by atoms with Gasteiger partial charge in [-0.2, -0.15) is 0 Å². The van der Waals surface area contributed by atoms with Crippen molar-refractivity contribution < 1.29 is 0 Å². The molecule has 0 fully saturated rings. The molecule has 0 aromatic heterocycles. The molecular weight excluding hydrogens is 277 g/mol. The van der Waals surface area contributed by atoms with Gasteiger partial charge in [-0.15, -0.1) is 11.6 Å². The smallest absolute Gasteiger partial charge is 0.0595 e. The van der Waals surface area contributed by atoms with E-state index in [1.165, 1.54) is 0 Å². The molecule has 96 valence electrons. The summed E-state index contributed by atoms with van der Waals surface area (Å²) in [6, 6.07) is 6.14. The van der Waals surface area contributed by atoms with Gasteiger partial charge in [0.15, 0.2) is 0 Å². The van der Waals surface area contributed by atoms with E-state index in [4.69, 9.17) is 34.8 Å². The first kappa shape index (κ1) is 15.1. The van der Waals surface area contributed by atoms with Crippen molar-refractivity contribution in [1.29, 1.82) is 0 Å². The molecule has 0 amide bonds. The van der Waals surface area contributed by atoms with Crippen LogP contribution in [0.15, 0.2) is 18.2 Å². The molecule has 0 aliphatic heterocycles. The summed E-state index contributed by atoms with van der Waals surface area (Å²) in [6.45, 7) is 5.18. The molecule has 0 spiro atoms. The minimum atomic E-state index is 0.432. The van der Waals surface area contributed by atoms with E-state index in [2.05, 4.69) is 19.2 Å². The maximum atomic E-state index is 5.97. The van der Waals surface area contributed by atoms with Crippen LogP contribution in [0.4, 0.5) is 0 Å². The Balaban J connectivity index is 2.56. The molecule has 1 nitrogen and oxygen atoms in total. The van der Waals surface area contributed by atoms with Crippen molar-refractivity contribution in [1.82, 2.24) is 5.32 Å². The average molecular weight is 295 g/mol. The van der Waals surface area contributed by atoms with Gasteiger partial charge in [-0.1, -0.05) is 43.1 Å². The number of hydrogen-bond donors (Lipinski definition) is 1. The quantitative estimate of drug-likeness (QED) is 0.748. The number of halogens is 3. The van der Waals surface area contributed by atoms with E-state index in [0.717, 1.165) is 18.5 Å². The Morgan fingerprint density at radius 1 is 1.18 bits per heavy atom. The van der Waals surface area contributed by atoms with Crippen LogP contribution in [0.3, 0.4) is 0 Å². The normalized spacial score (nSPS) is 13.1. The predicted molar refractivity (Wildman–Crippen MR) is 77.3 cm³/mol. The van der Waals surface area contributed by atoms with Crippen molar-refractivity contribution in [3.05, 3.63) is 33.8 Å². The summed E-state index contributed by atoms with van der Waals surface area (Å²) in [6.07, 6.45) is 0.973.